The van der Waals surface area contributed by atoms with Gasteiger partial charge in [0, 0.05) is 17.7 Å². The lowest BCUT2D eigenvalue weighted by Crippen LogP contribution is -2.57. The molecule has 0 aliphatic heterocycles. The maximum absolute atomic E-state index is 13.5. The molecule has 4 rings (SSSR count). The largest absolute Gasteiger partial charge is 0.299 e. The second kappa shape index (κ2) is 8.14. The summed E-state index contributed by atoms with van der Waals surface area (Å²) in [4.78, 5) is 13.5. The molecule has 29 heavy (non-hydrogen) atoms. The van der Waals surface area contributed by atoms with Crippen molar-refractivity contribution < 1.29 is 4.79 Å². The van der Waals surface area contributed by atoms with E-state index in [4.69, 9.17) is 11.6 Å². The molecule has 0 aromatic rings. The third-order valence-corrected chi connectivity index (χ3v) is 11.0. The maximum atomic E-state index is 13.5. The fraction of sp³-hybridized carbons (Fsp3) is 0.963. The summed E-state index contributed by atoms with van der Waals surface area (Å²) in [6.45, 7) is 12.3. The van der Waals surface area contributed by atoms with E-state index < -0.39 is 0 Å². The summed E-state index contributed by atoms with van der Waals surface area (Å²) >= 11 is 6.54. The van der Waals surface area contributed by atoms with Crippen LogP contribution < -0.4 is 0 Å². The lowest BCUT2D eigenvalue weighted by Gasteiger charge is -2.60. The number of fused-ring (bicyclic) bond motifs is 5. The lowest BCUT2D eigenvalue weighted by molar-refractivity contribution is -0.156. The van der Waals surface area contributed by atoms with Crippen molar-refractivity contribution in [3.8, 4) is 0 Å². The van der Waals surface area contributed by atoms with Gasteiger partial charge in [-0.3, -0.25) is 4.79 Å². The van der Waals surface area contributed by atoms with Crippen molar-refractivity contribution in [3.63, 3.8) is 0 Å². The molecule has 4 saturated carbocycles. The molecule has 2 heteroatoms. The molecule has 0 radical (unpaired) electrons. The summed E-state index contributed by atoms with van der Waals surface area (Å²) in [5, 5.41) is 0.300. The molecule has 0 heterocycles. The van der Waals surface area contributed by atoms with Gasteiger partial charge in [-0.25, -0.2) is 0 Å². The summed E-state index contributed by atoms with van der Waals surface area (Å²) in [6.07, 6.45) is 13.7. The Bertz CT molecular complexity index is 614. The van der Waals surface area contributed by atoms with Gasteiger partial charge in [0.05, 0.1) is 0 Å². The number of Topliss-reactive ketones (excluding diaryl/α,β-unsaturated/α-hetero) is 1. The molecule has 0 aromatic carbocycles. The van der Waals surface area contributed by atoms with Gasteiger partial charge in [0.2, 0.25) is 0 Å². The van der Waals surface area contributed by atoms with Crippen LogP contribution in [0.5, 0.6) is 0 Å². The number of rotatable bonds is 5. The molecule has 0 saturated heterocycles. The van der Waals surface area contributed by atoms with Crippen LogP contribution in [0.2, 0.25) is 0 Å². The molecule has 4 fully saturated rings. The second-order valence-electron chi connectivity index (χ2n) is 12.5. The molecule has 0 aromatic heterocycles. The van der Waals surface area contributed by atoms with E-state index in [1.807, 2.05) is 0 Å². The number of alkyl halides is 1. The number of halogens is 1. The standard InChI is InChI=1S/C27H45ClO/c1-17(2)7-6-8-18(3)21-9-10-22-25-23(12-14-27(21,22)5)26(4)13-11-20(28)15-19(26)16-24(25)29/h17-23,25H,6-16H2,1-5H3/t18-,19-,20-,21+,22-,23+,25+,26+,27+/m1/s1. The number of hydrogen-bond acceptors (Lipinski definition) is 1. The van der Waals surface area contributed by atoms with Gasteiger partial charge in [-0.05, 0) is 91.3 Å². The van der Waals surface area contributed by atoms with Crippen LogP contribution in [0.1, 0.15) is 105 Å². The molecule has 0 unspecified atom stereocenters. The monoisotopic (exact) mass is 420 g/mol. The molecule has 1 nitrogen and oxygen atoms in total. The predicted molar refractivity (Wildman–Crippen MR) is 123 cm³/mol. The minimum absolute atomic E-state index is 0.300. The maximum Gasteiger partial charge on any atom is 0.136 e. The average Bonchev–Trinajstić information content (AvgIpc) is 3.00. The van der Waals surface area contributed by atoms with Crippen molar-refractivity contribution >= 4 is 17.4 Å². The van der Waals surface area contributed by atoms with E-state index in [-0.39, 0.29) is 0 Å². The van der Waals surface area contributed by atoms with E-state index in [9.17, 15) is 4.79 Å². The molecular formula is C27H45ClO. The Kier molecular flexibility index (Phi) is 6.22. The van der Waals surface area contributed by atoms with Crippen LogP contribution in [0.3, 0.4) is 0 Å². The lowest BCUT2D eigenvalue weighted by atomic mass is 9.44. The van der Waals surface area contributed by atoms with Crippen LogP contribution in [0.25, 0.3) is 0 Å². The van der Waals surface area contributed by atoms with E-state index in [0.29, 0.717) is 45.7 Å². The van der Waals surface area contributed by atoms with E-state index >= 15 is 0 Å². The first-order chi connectivity index (χ1) is 13.7. The summed E-state index contributed by atoms with van der Waals surface area (Å²) in [5.74, 6) is 5.27. The minimum Gasteiger partial charge on any atom is -0.299 e. The first-order valence-corrected chi connectivity index (χ1v) is 13.3. The van der Waals surface area contributed by atoms with Crippen LogP contribution in [-0.2, 0) is 4.79 Å². The molecule has 0 spiro atoms. The van der Waals surface area contributed by atoms with Crippen molar-refractivity contribution in [1.82, 2.24) is 0 Å². The van der Waals surface area contributed by atoms with Gasteiger partial charge in [-0.2, -0.15) is 0 Å². The van der Waals surface area contributed by atoms with Gasteiger partial charge in [-0.15, -0.1) is 11.6 Å². The van der Waals surface area contributed by atoms with E-state index in [1.54, 1.807) is 0 Å². The second-order valence-corrected chi connectivity index (χ2v) is 13.1. The smallest absolute Gasteiger partial charge is 0.136 e. The number of carbonyl (C=O) groups is 1. The van der Waals surface area contributed by atoms with Crippen molar-refractivity contribution in [2.24, 2.45) is 52.3 Å². The van der Waals surface area contributed by atoms with Gasteiger partial charge < -0.3 is 0 Å². The first kappa shape index (κ1) is 22.2. The zero-order chi connectivity index (χ0) is 21.0. The zero-order valence-corrected chi connectivity index (χ0v) is 20.4. The van der Waals surface area contributed by atoms with Crippen LogP contribution in [0.15, 0.2) is 0 Å². The summed E-state index contributed by atoms with van der Waals surface area (Å²) < 4.78 is 0. The quantitative estimate of drug-likeness (QED) is 0.413. The Balaban J connectivity index is 1.51. The molecule has 0 N–H and O–H groups in total. The molecule has 0 amide bonds. The predicted octanol–water partition coefficient (Wildman–Crippen LogP) is 7.89. The topological polar surface area (TPSA) is 17.1 Å². The Morgan fingerprint density at radius 2 is 1.66 bits per heavy atom. The van der Waals surface area contributed by atoms with Crippen molar-refractivity contribution in [3.05, 3.63) is 0 Å². The Morgan fingerprint density at radius 3 is 2.38 bits per heavy atom. The molecule has 4 aliphatic rings. The highest BCUT2D eigenvalue weighted by Gasteiger charge is 2.62. The minimum atomic E-state index is 0.300. The normalized spacial score (nSPS) is 48.2. The molecule has 0 bridgehead atoms. The highest BCUT2D eigenvalue weighted by molar-refractivity contribution is 6.20. The van der Waals surface area contributed by atoms with Crippen LogP contribution in [0.4, 0.5) is 0 Å². The van der Waals surface area contributed by atoms with Crippen LogP contribution in [-0.4, -0.2) is 11.2 Å². The fourth-order valence-corrected chi connectivity index (χ4v) is 9.23. The van der Waals surface area contributed by atoms with Crippen LogP contribution in [0, 0.1) is 52.3 Å². The summed E-state index contributed by atoms with van der Waals surface area (Å²) in [7, 11) is 0. The van der Waals surface area contributed by atoms with Gasteiger partial charge in [0.25, 0.3) is 0 Å². The number of hydrogen-bond donors (Lipinski definition) is 0. The summed E-state index contributed by atoms with van der Waals surface area (Å²) in [5.41, 5.74) is 0.771. The van der Waals surface area contributed by atoms with Crippen LogP contribution >= 0.6 is 11.6 Å². The molecule has 4 aliphatic carbocycles. The highest BCUT2D eigenvalue weighted by atomic mass is 35.5. The van der Waals surface area contributed by atoms with E-state index in [2.05, 4.69) is 34.6 Å². The SMILES string of the molecule is CC(C)CCC[C@@H](C)[C@@H]1CC[C@@H]2[C@@H]3C(=O)C[C@H]4C[C@H](Cl)CC[C@]4(C)[C@H]3CC[C@]21C. The molecular weight excluding hydrogens is 376 g/mol. The van der Waals surface area contributed by atoms with Crippen molar-refractivity contribution in [2.75, 3.05) is 0 Å². The zero-order valence-electron chi connectivity index (χ0n) is 19.7. The average molecular weight is 421 g/mol. The Morgan fingerprint density at radius 1 is 0.966 bits per heavy atom. The van der Waals surface area contributed by atoms with Gasteiger partial charge in [0.15, 0.2) is 0 Å². The van der Waals surface area contributed by atoms with Gasteiger partial charge >= 0.3 is 0 Å². The first-order valence-electron chi connectivity index (χ1n) is 12.8. The highest BCUT2D eigenvalue weighted by Crippen LogP contribution is 2.67. The number of carbonyl (C=O) groups excluding carboxylic acids is 1. The third-order valence-electron chi connectivity index (χ3n) is 10.6. The summed E-state index contributed by atoms with van der Waals surface area (Å²) in [6, 6.07) is 0. The number of ketones is 1. The van der Waals surface area contributed by atoms with Crippen molar-refractivity contribution in [1.29, 1.82) is 0 Å². The third kappa shape index (κ3) is 3.74. The Hall–Kier alpha value is -0.0400. The molecule has 166 valence electrons. The van der Waals surface area contributed by atoms with Gasteiger partial charge in [-0.1, -0.05) is 53.9 Å². The van der Waals surface area contributed by atoms with Crippen molar-refractivity contribution in [2.45, 2.75) is 111 Å². The Labute approximate surface area is 185 Å². The molecule has 9 atom stereocenters. The van der Waals surface area contributed by atoms with Gasteiger partial charge in [0.1, 0.15) is 5.78 Å². The fourth-order valence-electron chi connectivity index (χ4n) is 8.90. The van der Waals surface area contributed by atoms with E-state index in [0.717, 1.165) is 37.0 Å². The van der Waals surface area contributed by atoms with E-state index in [1.165, 1.54) is 51.4 Å².